The summed E-state index contributed by atoms with van der Waals surface area (Å²) in [6.07, 6.45) is 7.07. The van der Waals surface area contributed by atoms with Crippen LogP contribution < -0.4 is 0 Å². The number of aliphatic hydroxyl groups excluding tert-OH is 1. The summed E-state index contributed by atoms with van der Waals surface area (Å²) >= 11 is 0. The number of nitrogens with zero attached hydrogens (tertiary/aromatic N) is 3. The molecule has 7 heteroatoms. The van der Waals surface area contributed by atoms with Crippen molar-refractivity contribution < 1.29 is 13.5 Å². The van der Waals surface area contributed by atoms with Crippen molar-refractivity contribution in [2.45, 2.75) is 38.0 Å². The molecule has 0 amide bonds. The van der Waals surface area contributed by atoms with Crippen molar-refractivity contribution in [2.24, 2.45) is 5.92 Å². The molecule has 0 unspecified atom stereocenters. The fraction of sp³-hybridized carbons (Fsp3) is 0.750. The largest absolute Gasteiger partial charge is 0.391 e. The van der Waals surface area contributed by atoms with Crippen LogP contribution in [0.2, 0.25) is 0 Å². The van der Waals surface area contributed by atoms with Crippen molar-refractivity contribution >= 4 is 10.0 Å². The van der Waals surface area contributed by atoms with Crippen LogP contribution in [0.5, 0.6) is 0 Å². The maximum Gasteiger partial charge on any atom is 0.216 e. The van der Waals surface area contributed by atoms with Gasteiger partial charge in [0, 0.05) is 25.5 Å². The number of aliphatic hydroxyl groups is 1. The minimum absolute atomic E-state index is 0.0687. The van der Waals surface area contributed by atoms with Crippen LogP contribution in [-0.2, 0) is 16.6 Å². The molecule has 6 nitrogen and oxygen atoms in total. The molecule has 0 spiro atoms. The van der Waals surface area contributed by atoms with E-state index in [0.29, 0.717) is 19.0 Å². The summed E-state index contributed by atoms with van der Waals surface area (Å²) in [5.41, 5.74) is 0. The van der Waals surface area contributed by atoms with Gasteiger partial charge in [0.25, 0.3) is 0 Å². The standard InChI is InChI=1S/C12H19N3O3S/c16-11-2-1-10-3-5-15(12(10)11)19(17,18)8-7-14-6-4-13-9-14/h4,6,9-12,16H,1-3,5,7-8H2/t10-,11+,12+/m0/s1. The molecule has 0 radical (unpaired) electrons. The highest BCUT2D eigenvalue weighted by molar-refractivity contribution is 7.89. The molecule has 106 valence electrons. The van der Waals surface area contributed by atoms with E-state index in [4.69, 9.17) is 0 Å². The number of aryl methyl sites for hydroxylation is 1. The first-order valence-corrected chi connectivity index (χ1v) is 8.32. The second-order valence-electron chi connectivity index (χ2n) is 5.41. The Bertz CT molecular complexity index is 528. The normalized spacial score (nSPS) is 31.7. The van der Waals surface area contributed by atoms with Gasteiger partial charge in [0.15, 0.2) is 0 Å². The number of hydrogen-bond donors (Lipinski definition) is 1. The minimum Gasteiger partial charge on any atom is -0.391 e. The first kappa shape index (κ1) is 13.1. The second kappa shape index (κ2) is 4.88. The van der Waals surface area contributed by atoms with Gasteiger partial charge in [0.1, 0.15) is 0 Å². The molecule has 2 fully saturated rings. The molecule has 1 aromatic heterocycles. The molecule has 1 N–H and O–H groups in total. The molecule has 0 bridgehead atoms. The summed E-state index contributed by atoms with van der Waals surface area (Å²) in [5.74, 6) is 0.414. The first-order chi connectivity index (χ1) is 9.08. The summed E-state index contributed by atoms with van der Waals surface area (Å²) in [7, 11) is -3.30. The molecule has 0 aromatic carbocycles. The van der Waals surface area contributed by atoms with E-state index in [0.717, 1.165) is 19.3 Å². The number of fused-ring (bicyclic) bond motifs is 1. The number of aromatic nitrogens is 2. The Balaban J connectivity index is 1.70. The van der Waals surface area contributed by atoms with Crippen LogP contribution in [-0.4, -0.2) is 51.8 Å². The van der Waals surface area contributed by atoms with E-state index in [1.54, 1.807) is 23.3 Å². The molecule has 1 aromatic rings. The number of rotatable bonds is 4. The van der Waals surface area contributed by atoms with Gasteiger partial charge in [-0.3, -0.25) is 0 Å². The van der Waals surface area contributed by atoms with Crippen molar-refractivity contribution in [3.05, 3.63) is 18.7 Å². The van der Waals surface area contributed by atoms with E-state index in [9.17, 15) is 13.5 Å². The predicted molar refractivity (Wildman–Crippen MR) is 69.9 cm³/mol. The monoisotopic (exact) mass is 285 g/mol. The lowest BCUT2D eigenvalue weighted by Gasteiger charge is -2.26. The molecule has 19 heavy (non-hydrogen) atoms. The summed E-state index contributed by atoms with van der Waals surface area (Å²) in [6.45, 7) is 0.963. The van der Waals surface area contributed by atoms with Crippen LogP contribution in [0.4, 0.5) is 0 Å². The van der Waals surface area contributed by atoms with Gasteiger partial charge in [-0.25, -0.2) is 13.4 Å². The zero-order chi connectivity index (χ0) is 13.5. The third kappa shape index (κ3) is 2.42. The van der Waals surface area contributed by atoms with Gasteiger partial charge in [-0.15, -0.1) is 0 Å². The molecule has 2 heterocycles. The second-order valence-corrected chi connectivity index (χ2v) is 7.45. The SMILES string of the molecule is O=S(=O)(CCn1ccnc1)N1CC[C@@H]2CC[C@@H](O)[C@@H]21. The lowest BCUT2D eigenvalue weighted by molar-refractivity contribution is 0.120. The smallest absolute Gasteiger partial charge is 0.216 e. The molecular weight excluding hydrogens is 266 g/mol. The highest BCUT2D eigenvalue weighted by Crippen LogP contribution is 2.39. The molecule has 1 aliphatic carbocycles. The fourth-order valence-electron chi connectivity index (χ4n) is 3.31. The Kier molecular flexibility index (Phi) is 3.36. The van der Waals surface area contributed by atoms with Crippen LogP contribution in [0.25, 0.3) is 0 Å². The van der Waals surface area contributed by atoms with Crippen LogP contribution in [0.15, 0.2) is 18.7 Å². The molecule has 3 atom stereocenters. The maximum atomic E-state index is 12.4. The maximum absolute atomic E-state index is 12.4. The topological polar surface area (TPSA) is 75.4 Å². The predicted octanol–water partition coefficient (Wildman–Crippen LogP) is 0.0581. The average Bonchev–Trinajstić information content (AvgIpc) is 3.06. The van der Waals surface area contributed by atoms with E-state index in [1.165, 1.54) is 4.31 Å². The molecular formula is C12H19N3O3S. The van der Waals surface area contributed by atoms with Crippen LogP contribution in [0.3, 0.4) is 0 Å². The molecule has 2 aliphatic rings. The van der Waals surface area contributed by atoms with Crippen LogP contribution >= 0.6 is 0 Å². The van der Waals surface area contributed by atoms with Gasteiger partial charge in [-0.2, -0.15) is 4.31 Å². The summed E-state index contributed by atoms with van der Waals surface area (Å²) in [5, 5.41) is 9.96. The van der Waals surface area contributed by atoms with E-state index in [-0.39, 0.29) is 11.8 Å². The first-order valence-electron chi connectivity index (χ1n) is 6.71. The van der Waals surface area contributed by atoms with Crippen molar-refractivity contribution in [3.63, 3.8) is 0 Å². The number of sulfonamides is 1. The van der Waals surface area contributed by atoms with Crippen molar-refractivity contribution in [1.82, 2.24) is 13.9 Å². The van der Waals surface area contributed by atoms with Gasteiger partial charge in [-0.1, -0.05) is 0 Å². The zero-order valence-corrected chi connectivity index (χ0v) is 11.5. The van der Waals surface area contributed by atoms with E-state index >= 15 is 0 Å². The van der Waals surface area contributed by atoms with E-state index in [1.807, 2.05) is 0 Å². The quantitative estimate of drug-likeness (QED) is 0.848. The van der Waals surface area contributed by atoms with Crippen LogP contribution in [0.1, 0.15) is 19.3 Å². The van der Waals surface area contributed by atoms with Crippen molar-refractivity contribution in [2.75, 3.05) is 12.3 Å². The van der Waals surface area contributed by atoms with Gasteiger partial charge >= 0.3 is 0 Å². The Morgan fingerprint density at radius 2 is 2.16 bits per heavy atom. The fourth-order valence-corrected chi connectivity index (χ4v) is 5.05. The Labute approximate surface area is 113 Å². The summed E-state index contributed by atoms with van der Waals surface area (Å²) in [4.78, 5) is 3.90. The van der Waals surface area contributed by atoms with Gasteiger partial charge in [0.2, 0.25) is 10.0 Å². The Morgan fingerprint density at radius 1 is 1.32 bits per heavy atom. The number of hydrogen-bond acceptors (Lipinski definition) is 4. The molecule has 1 aliphatic heterocycles. The average molecular weight is 285 g/mol. The van der Waals surface area contributed by atoms with Gasteiger partial charge in [-0.05, 0) is 25.2 Å². The highest BCUT2D eigenvalue weighted by atomic mass is 32.2. The number of imidazole rings is 1. The third-order valence-corrected chi connectivity index (χ3v) is 6.13. The van der Waals surface area contributed by atoms with E-state index in [2.05, 4.69) is 4.98 Å². The molecule has 1 saturated heterocycles. The lowest BCUT2D eigenvalue weighted by atomic mass is 10.0. The summed E-state index contributed by atoms with van der Waals surface area (Å²) in [6, 6.07) is -0.187. The van der Waals surface area contributed by atoms with Crippen LogP contribution in [0, 0.1) is 5.92 Å². The lowest BCUT2D eigenvalue weighted by Crippen LogP contribution is -2.43. The van der Waals surface area contributed by atoms with Gasteiger partial charge in [0.05, 0.1) is 24.2 Å². The highest BCUT2D eigenvalue weighted by Gasteiger charge is 2.47. The zero-order valence-electron chi connectivity index (χ0n) is 10.7. The summed E-state index contributed by atoms with van der Waals surface area (Å²) < 4.78 is 28.1. The molecule has 1 saturated carbocycles. The molecule has 3 rings (SSSR count). The van der Waals surface area contributed by atoms with Crippen molar-refractivity contribution in [3.8, 4) is 0 Å². The Hall–Kier alpha value is -0.920. The minimum atomic E-state index is -3.30. The third-order valence-electron chi connectivity index (χ3n) is 4.29. The van der Waals surface area contributed by atoms with Gasteiger partial charge < -0.3 is 9.67 Å². The van der Waals surface area contributed by atoms with E-state index < -0.39 is 16.1 Å². The Morgan fingerprint density at radius 3 is 2.89 bits per heavy atom. The van der Waals surface area contributed by atoms with Crippen molar-refractivity contribution in [1.29, 1.82) is 0 Å².